The summed E-state index contributed by atoms with van der Waals surface area (Å²) in [6, 6.07) is 3.06. The Balaban J connectivity index is 2.52. The lowest BCUT2D eigenvalue weighted by atomic mass is 9.95. The summed E-state index contributed by atoms with van der Waals surface area (Å²) in [5.41, 5.74) is -0.316. The van der Waals surface area contributed by atoms with Crippen LogP contribution in [0.25, 0.3) is 0 Å². The monoisotopic (exact) mass is 419 g/mol. The fourth-order valence-electron chi connectivity index (χ4n) is 3.07. The Labute approximate surface area is 174 Å². The van der Waals surface area contributed by atoms with Crippen molar-refractivity contribution in [1.82, 2.24) is 4.90 Å². The van der Waals surface area contributed by atoms with Crippen LogP contribution >= 0.6 is 0 Å². The van der Waals surface area contributed by atoms with Crippen LogP contribution in [0.3, 0.4) is 0 Å². The molecule has 162 valence electrons. The second kappa shape index (κ2) is 9.06. The minimum Gasteiger partial charge on any atom is -0.460 e. The van der Waals surface area contributed by atoms with E-state index in [1.54, 1.807) is 34.6 Å². The third-order valence-electron chi connectivity index (χ3n) is 4.21. The van der Waals surface area contributed by atoms with Crippen molar-refractivity contribution in [2.24, 2.45) is 0 Å². The molecule has 1 atom stereocenters. The van der Waals surface area contributed by atoms with Gasteiger partial charge < -0.3 is 14.2 Å². The van der Waals surface area contributed by atoms with Gasteiger partial charge in [-0.25, -0.2) is 14.4 Å². The van der Waals surface area contributed by atoms with Gasteiger partial charge in [0.05, 0.1) is 19.8 Å². The molecule has 1 heterocycles. The molecule has 9 nitrogen and oxygen atoms in total. The SMILES string of the molecule is CCOC(=O)C(=O)c1cccc2c1CN(C(=O)OC(C)(C)C)C2C(=O)C(=O)OCC. The number of hydrogen-bond acceptors (Lipinski definition) is 8. The summed E-state index contributed by atoms with van der Waals surface area (Å²) in [6.07, 6.45) is -0.837. The molecule has 0 radical (unpaired) electrons. The maximum atomic E-state index is 12.8. The molecule has 0 N–H and O–H groups in total. The summed E-state index contributed by atoms with van der Waals surface area (Å²) in [5, 5.41) is 0. The molecule has 2 rings (SSSR count). The van der Waals surface area contributed by atoms with E-state index >= 15 is 0 Å². The minimum atomic E-state index is -1.33. The van der Waals surface area contributed by atoms with E-state index < -0.39 is 41.2 Å². The normalized spacial score (nSPS) is 15.2. The van der Waals surface area contributed by atoms with E-state index in [4.69, 9.17) is 14.2 Å². The second-order valence-corrected chi connectivity index (χ2v) is 7.52. The van der Waals surface area contributed by atoms with Crippen molar-refractivity contribution in [3.8, 4) is 0 Å². The molecule has 0 saturated heterocycles. The van der Waals surface area contributed by atoms with Gasteiger partial charge in [0.2, 0.25) is 0 Å². The molecule has 0 spiro atoms. The molecule has 1 aliphatic rings. The van der Waals surface area contributed by atoms with Crippen LogP contribution in [-0.4, -0.2) is 53.3 Å². The van der Waals surface area contributed by atoms with Crippen molar-refractivity contribution in [3.05, 3.63) is 34.9 Å². The first-order valence-electron chi connectivity index (χ1n) is 9.55. The lowest BCUT2D eigenvalue weighted by Crippen LogP contribution is -2.40. The first-order chi connectivity index (χ1) is 14.0. The number of fused-ring (bicyclic) bond motifs is 1. The molecule has 1 aromatic rings. The minimum absolute atomic E-state index is 0.00123. The zero-order chi connectivity index (χ0) is 22.6. The van der Waals surface area contributed by atoms with Gasteiger partial charge in [-0.1, -0.05) is 18.2 Å². The summed E-state index contributed by atoms with van der Waals surface area (Å²) in [4.78, 5) is 63.2. The summed E-state index contributed by atoms with van der Waals surface area (Å²) in [7, 11) is 0. The number of benzene rings is 1. The lowest BCUT2D eigenvalue weighted by Gasteiger charge is -2.27. The molecule has 0 saturated carbocycles. The fraction of sp³-hybridized carbons (Fsp3) is 0.476. The Morgan fingerprint density at radius 2 is 1.60 bits per heavy atom. The molecule has 0 fully saturated rings. The van der Waals surface area contributed by atoms with E-state index in [1.165, 1.54) is 18.2 Å². The zero-order valence-corrected chi connectivity index (χ0v) is 17.6. The van der Waals surface area contributed by atoms with Crippen LogP contribution in [0.2, 0.25) is 0 Å². The number of ketones is 2. The second-order valence-electron chi connectivity index (χ2n) is 7.52. The van der Waals surface area contributed by atoms with Crippen molar-refractivity contribution < 1.29 is 38.2 Å². The number of hydrogen-bond donors (Lipinski definition) is 0. The van der Waals surface area contributed by atoms with Gasteiger partial charge in [-0.15, -0.1) is 0 Å². The van der Waals surface area contributed by atoms with Gasteiger partial charge in [-0.05, 0) is 45.7 Å². The van der Waals surface area contributed by atoms with Gasteiger partial charge in [0, 0.05) is 5.56 Å². The van der Waals surface area contributed by atoms with Gasteiger partial charge in [0.25, 0.3) is 11.6 Å². The lowest BCUT2D eigenvalue weighted by molar-refractivity contribution is -0.155. The molecule has 1 aromatic carbocycles. The van der Waals surface area contributed by atoms with Crippen molar-refractivity contribution in [3.63, 3.8) is 0 Å². The van der Waals surface area contributed by atoms with Crippen LogP contribution in [-0.2, 0) is 35.1 Å². The number of nitrogens with zero attached hydrogens (tertiary/aromatic N) is 1. The van der Waals surface area contributed by atoms with Crippen LogP contribution in [0.5, 0.6) is 0 Å². The van der Waals surface area contributed by atoms with Crippen molar-refractivity contribution in [2.45, 2.75) is 52.8 Å². The highest BCUT2D eigenvalue weighted by Gasteiger charge is 2.45. The topological polar surface area (TPSA) is 116 Å². The average Bonchev–Trinajstić information content (AvgIpc) is 3.05. The highest BCUT2D eigenvalue weighted by molar-refractivity contribution is 6.41. The summed E-state index contributed by atoms with van der Waals surface area (Å²) < 4.78 is 14.9. The third kappa shape index (κ3) is 4.84. The van der Waals surface area contributed by atoms with E-state index in [9.17, 15) is 24.0 Å². The van der Waals surface area contributed by atoms with E-state index in [2.05, 4.69) is 0 Å². The number of carbonyl (C=O) groups is 5. The molecule has 1 aliphatic heterocycles. The quantitative estimate of drug-likeness (QED) is 0.299. The summed E-state index contributed by atoms with van der Waals surface area (Å²) in [5.74, 6) is -4.02. The van der Waals surface area contributed by atoms with E-state index in [-0.39, 0.29) is 36.4 Å². The number of Topliss-reactive ketones (excluding diaryl/α,β-unsaturated/α-hetero) is 2. The zero-order valence-electron chi connectivity index (χ0n) is 17.6. The van der Waals surface area contributed by atoms with Gasteiger partial charge in [-0.3, -0.25) is 14.5 Å². The number of ether oxygens (including phenoxy) is 3. The standard InChI is InChI=1S/C21H25NO8/c1-6-28-18(25)16(23)13-10-8-9-12-14(13)11-22(20(27)30-21(3,4)5)15(12)17(24)19(26)29-7-2/h8-10,15H,6-7,11H2,1-5H3. The Morgan fingerprint density at radius 1 is 1.00 bits per heavy atom. The Hall–Kier alpha value is -3.23. The highest BCUT2D eigenvalue weighted by atomic mass is 16.6. The molecule has 0 aromatic heterocycles. The predicted molar refractivity (Wildman–Crippen MR) is 104 cm³/mol. The molecular formula is C21H25NO8. The smallest absolute Gasteiger partial charge is 0.411 e. The molecular weight excluding hydrogens is 394 g/mol. The van der Waals surface area contributed by atoms with Crippen molar-refractivity contribution in [1.29, 1.82) is 0 Å². The summed E-state index contributed by atoms with van der Waals surface area (Å²) in [6.45, 7) is 7.91. The average molecular weight is 419 g/mol. The van der Waals surface area contributed by atoms with Crippen LogP contribution in [0, 0.1) is 0 Å². The van der Waals surface area contributed by atoms with Crippen LogP contribution < -0.4 is 0 Å². The van der Waals surface area contributed by atoms with Gasteiger partial charge in [0.15, 0.2) is 0 Å². The number of amides is 1. The molecule has 0 bridgehead atoms. The first kappa shape index (κ1) is 23.1. The number of rotatable bonds is 6. The molecule has 1 unspecified atom stereocenters. The maximum Gasteiger partial charge on any atom is 0.411 e. The molecule has 30 heavy (non-hydrogen) atoms. The van der Waals surface area contributed by atoms with Crippen molar-refractivity contribution >= 4 is 29.6 Å². The van der Waals surface area contributed by atoms with Crippen LogP contribution in [0.1, 0.15) is 62.1 Å². The Morgan fingerprint density at radius 3 is 2.17 bits per heavy atom. The highest BCUT2D eigenvalue weighted by Crippen LogP contribution is 2.38. The first-order valence-corrected chi connectivity index (χ1v) is 9.55. The molecule has 0 aliphatic carbocycles. The van der Waals surface area contributed by atoms with Crippen molar-refractivity contribution in [2.75, 3.05) is 13.2 Å². The Bertz CT molecular complexity index is 883. The summed E-state index contributed by atoms with van der Waals surface area (Å²) >= 11 is 0. The van der Waals surface area contributed by atoms with E-state index in [1.807, 2.05) is 0 Å². The largest absolute Gasteiger partial charge is 0.460 e. The fourth-order valence-corrected chi connectivity index (χ4v) is 3.07. The molecule has 1 amide bonds. The number of carbonyl (C=O) groups excluding carboxylic acids is 5. The van der Waals surface area contributed by atoms with Gasteiger partial charge >= 0.3 is 18.0 Å². The van der Waals surface area contributed by atoms with Crippen LogP contribution in [0.15, 0.2) is 18.2 Å². The van der Waals surface area contributed by atoms with E-state index in [0.717, 1.165) is 4.90 Å². The maximum absolute atomic E-state index is 12.8. The van der Waals surface area contributed by atoms with E-state index in [0.29, 0.717) is 0 Å². The Kier molecular flexibility index (Phi) is 6.96. The predicted octanol–water partition coefficient (Wildman–Crippen LogP) is 2.36. The van der Waals surface area contributed by atoms with Gasteiger partial charge in [0.1, 0.15) is 11.6 Å². The third-order valence-corrected chi connectivity index (χ3v) is 4.21. The van der Waals surface area contributed by atoms with Gasteiger partial charge in [-0.2, -0.15) is 0 Å². The number of esters is 2. The molecule has 9 heteroatoms. The van der Waals surface area contributed by atoms with Crippen LogP contribution in [0.4, 0.5) is 4.79 Å².